The van der Waals surface area contributed by atoms with Gasteiger partial charge in [0.25, 0.3) is 0 Å². The Hall–Kier alpha value is -3.74. The molecule has 0 radical (unpaired) electrons. The number of hydrogen-bond acceptors (Lipinski definition) is 6. The molecule has 0 aliphatic rings. The van der Waals surface area contributed by atoms with Gasteiger partial charge in [-0.2, -0.15) is 0 Å². The zero-order chi connectivity index (χ0) is 18.5. The maximum atomic E-state index is 12.8. The van der Waals surface area contributed by atoms with E-state index in [1.807, 2.05) is 0 Å². The highest BCUT2D eigenvalue weighted by atomic mass is 16.7. The summed E-state index contributed by atoms with van der Waals surface area (Å²) in [6.07, 6.45) is -1.20. The van der Waals surface area contributed by atoms with Crippen LogP contribution in [0.25, 0.3) is 0 Å². The van der Waals surface area contributed by atoms with E-state index >= 15 is 0 Å². The summed E-state index contributed by atoms with van der Waals surface area (Å²) in [5.41, 5.74) is 0.857. The monoisotopic (exact) mass is 351 g/mol. The molecule has 7 nitrogen and oxygen atoms in total. The first-order valence-electron chi connectivity index (χ1n) is 7.65. The highest BCUT2D eigenvalue weighted by molar-refractivity contribution is 6.01. The summed E-state index contributed by atoms with van der Waals surface area (Å²) in [6.45, 7) is 0. The molecule has 7 heteroatoms. The zero-order valence-electron chi connectivity index (χ0n) is 13.4. The first-order chi connectivity index (χ1) is 12.6. The predicted molar refractivity (Wildman–Crippen MR) is 90.7 cm³/mol. The molecule has 0 saturated heterocycles. The predicted octanol–water partition coefficient (Wildman–Crippen LogP) is 3.97. The van der Waals surface area contributed by atoms with Crippen LogP contribution in [0.15, 0.2) is 77.2 Å². The van der Waals surface area contributed by atoms with Gasteiger partial charge in [-0.3, -0.25) is 14.9 Å². The SMILES string of the molecule is O=C(O[C@@H](C(=O)c1ccccc1)c1ccccc1)c1ccc([N+](=O)[O-])o1. The Kier molecular flexibility index (Phi) is 4.89. The smallest absolute Gasteiger partial charge is 0.433 e. The van der Waals surface area contributed by atoms with Crippen LogP contribution >= 0.6 is 0 Å². The third-order valence-corrected chi connectivity index (χ3v) is 3.60. The van der Waals surface area contributed by atoms with Crippen LogP contribution in [-0.2, 0) is 4.74 Å². The Bertz CT molecular complexity index is 933. The zero-order valence-corrected chi connectivity index (χ0v) is 13.4. The molecule has 0 saturated carbocycles. The summed E-state index contributed by atoms with van der Waals surface area (Å²) >= 11 is 0. The number of rotatable bonds is 6. The molecule has 0 bridgehead atoms. The summed E-state index contributed by atoms with van der Waals surface area (Å²) in [4.78, 5) is 35.0. The van der Waals surface area contributed by atoms with Crippen LogP contribution in [0.1, 0.15) is 32.6 Å². The Morgan fingerprint density at radius 2 is 1.54 bits per heavy atom. The van der Waals surface area contributed by atoms with Gasteiger partial charge >= 0.3 is 11.9 Å². The summed E-state index contributed by atoms with van der Waals surface area (Å²) in [5.74, 6) is -2.30. The standard InChI is InChI=1S/C19H13NO6/c21-17(13-7-3-1-4-8-13)18(14-9-5-2-6-10-14)26-19(22)15-11-12-16(25-15)20(23)24/h1-12,18H/t18-/m1/s1. The van der Waals surface area contributed by atoms with E-state index in [1.165, 1.54) is 0 Å². The first kappa shape index (κ1) is 17.1. The third kappa shape index (κ3) is 3.67. The number of Topliss-reactive ketones (excluding diaryl/α,β-unsaturated/α-hetero) is 1. The highest BCUT2D eigenvalue weighted by Crippen LogP contribution is 2.25. The van der Waals surface area contributed by atoms with Crippen LogP contribution in [0, 0.1) is 10.1 Å². The number of ketones is 1. The fourth-order valence-corrected chi connectivity index (χ4v) is 2.36. The van der Waals surface area contributed by atoms with Gasteiger partial charge in [-0.15, -0.1) is 0 Å². The maximum absolute atomic E-state index is 12.8. The lowest BCUT2D eigenvalue weighted by atomic mass is 10.00. The largest absolute Gasteiger partial charge is 0.443 e. The molecule has 1 aromatic heterocycles. The molecule has 130 valence electrons. The van der Waals surface area contributed by atoms with Gasteiger partial charge in [-0.05, 0) is 6.07 Å². The van der Waals surface area contributed by atoms with E-state index in [0.717, 1.165) is 12.1 Å². The molecular weight excluding hydrogens is 338 g/mol. The van der Waals surface area contributed by atoms with Crippen molar-refractivity contribution in [3.8, 4) is 0 Å². The minimum Gasteiger partial charge on any atom is -0.443 e. The summed E-state index contributed by atoms with van der Waals surface area (Å²) in [7, 11) is 0. The van der Waals surface area contributed by atoms with Gasteiger partial charge in [0, 0.05) is 11.1 Å². The Morgan fingerprint density at radius 3 is 2.12 bits per heavy atom. The fourth-order valence-electron chi connectivity index (χ4n) is 2.36. The van der Waals surface area contributed by atoms with E-state index < -0.39 is 28.7 Å². The number of hydrogen-bond donors (Lipinski definition) is 0. The summed E-state index contributed by atoms with van der Waals surface area (Å²) in [6, 6.07) is 19.1. The van der Waals surface area contributed by atoms with Crippen molar-refractivity contribution in [1.82, 2.24) is 0 Å². The van der Waals surface area contributed by atoms with Crippen molar-refractivity contribution in [3.05, 3.63) is 99.8 Å². The molecular formula is C19H13NO6. The number of carbonyl (C=O) groups excluding carboxylic acids is 2. The number of esters is 1. The lowest BCUT2D eigenvalue weighted by Gasteiger charge is -2.16. The van der Waals surface area contributed by atoms with E-state index in [-0.39, 0.29) is 5.76 Å². The van der Waals surface area contributed by atoms with Crippen molar-refractivity contribution in [2.45, 2.75) is 6.10 Å². The summed E-state index contributed by atoms with van der Waals surface area (Å²) < 4.78 is 10.2. The van der Waals surface area contributed by atoms with Gasteiger partial charge < -0.3 is 9.15 Å². The van der Waals surface area contributed by atoms with Crippen LogP contribution in [0.2, 0.25) is 0 Å². The highest BCUT2D eigenvalue weighted by Gasteiger charge is 2.28. The van der Waals surface area contributed by atoms with E-state index in [4.69, 9.17) is 9.15 Å². The van der Waals surface area contributed by atoms with E-state index in [9.17, 15) is 19.7 Å². The topological polar surface area (TPSA) is 99.7 Å². The van der Waals surface area contributed by atoms with Gasteiger partial charge in [0.15, 0.2) is 6.10 Å². The quantitative estimate of drug-likeness (QED) is 0.288. The molecule has 3 aromatic rings. The van der Waals surface area contributed by atoms with Crippen molar-refractivity contribution >= 4 is 17.6 Å². The number of ether oxygens (including phenoxy) is 1. The number of benzene rings is 2. The molecule has 2 aromatic carbocycles. The maximum Gasteiger partial charge on any atom is 0.433 e. The van der Waals surface area contributed by atoms with E-state index in [0.29, 0.717) is 11.1 Å². The molecule has 1 atom stereocenters. The van der Waals surface area contributed by atoms with Crippen LogP contribution in [0.4, 0.5) is 5.88 Å². The number of carbonyl (C=O) groups is 2. The molecule has 3 rings (SSSR count). The lowest BCUT2D eigenvalue weighted by Crippen LogP contribution is -2.20. The number of furan rings is 1. The second-order valence-corrected chi connectivity index (χ2v) is 5.32. The summed E-state index contributed by atoms with van der Waals surface area (Å²) in [5, 5.41) is 10.7. The Morgan fingerprint density at radius 1 is 0.923 bits per heavy atom. The second kappa shape index (κ2) is 7.43. The van der Waals surface area contributed by atoms with Gasteiger partial charge in [0.05, 0.1) is 6.07 Å². The van der Waals surface area contributed by atoms with E-state index in [2.05, 4.69) is 0 Å². The van der Waals surface area contributed by atoms with Crippen molar-refractivity contribution < 1.29 is 23.7 Å². The molecule has 26 heavy (non-hydrogen) atoms. The molecule has 0 spiro atoms. The molecule has 0 N–H and O–H groups in total. The second-order valence-electron chi connectivity index (χ2n) is 5.32. The molecule has 1 heterocycles. The molecule has 0 unspecified atom stereocenters. The van der Waals surface area contributed by atoms with Gasteiger partial charge in [-0.1, -0.05) is 60.7 Å². The molecule has 0 amide bonds. The van der Waals surface area contributed by atoms with E-state index in [1.54, 1.807) is 60.7 Å². The third-order valence-electron chi connectivity index (χ3n) is 3.60. The van der Waals surface area contributed by atoms with Crippen molar-refractivity contribution in [2.24, 2.45) is 0 Å². The molecule has 0 aliphatic carbocycles. The van der Waals surface area contributed by atoms with Crippen molar-refractivity contribution in [2.75, 3.05) is 0 Å². The average molecular weight is 351 g/mol. The van der Waals surface area contributed by atoms with Crippen molar-refractivity contribution in [1.29, 1.82) is 0 Å². The minimum absolute atomic E-state index is 0.349. The van der Waals surface area contributed by atoms with Gasteiger partial charge in [0.2, 0.25) is 11.5 Å². The Balaban J connectivity index is 1.89. The van der Waals surface area contributed by atoms with Gasteiger partial charge in [0.1, 0.15) is 4.92 Å². The molecule has 0 fully saturated rings. The number of nitro groups is 1. The van der Waals surface area contributed by atoms with Gasteiger partial charge in [-0.25, -0.2) is 4.79 Å². The Labute approximate surface area is 148 Å². The lowest BCUT2D eigenvalue weighted by molar-refractivity contribution is -0.402. The average Bonchev–Trinajstić information content (AvgIpc) is 3.17. The minimum atomic E-state index is -1.20. The normalized spacial score (nSPS) is 11.5. The van der Waals surface area contributed by atoms with Crippen molar-refractivity contribution in [3.63, 3.8) is 0 Å². The first-order valence-corrected chi connectivity index (χ1v) is 7.65. The number of nitrogens with zero attached hydrogens (tertiary/aromatic N) is 1. The van der Waals surface area contributed by atoms with Crippen LogP contribution < -0.4 is 0 Å². The fraction of sp³-hybridized carbons (Fsp3) is 0.0526. The van der Waals surface area contributed by atoms with Crippen LogP contribution in [0.3, 0.4) is 0 Å². The van der Waals surface area contributed by atoms with Crippen LogP contribution in [0.5, 0.6) is 0 Å². The molecule has 0 aliphatic heterocycles. The van der Waals surface area contributed by atoms with Crippen LogP contribution in [-0.4, -0.2) is 16.7 Å².